The lowest BCUT2D eigenvalue weighted by atomic mass is 10.1. The third-order valence-electron chi connectivity index (χ3n) is 2.34. The molecule has 0 aromatic heterocycles. The average Bonchev–Trinajstić information content (AvgIpc) is 2.30. The van der Waals surface area contributed by atoms with E-state index in [1.54, 1.807) is 0 Å². The van der Waals surface area contributed by atoms with Gasteiger partial charge in [-0.3, -0.25) is 9.59 Å². The van der Waals surface area contributed by atoms with Crippen molar-refractivity contribution in [2.75, 3.05) is 12.4 Å². The maximum atomic E-state index is 12.9. The van der Waals surface area contributed by atoms with Gasteiger partial charge in [-0.05, 0) is 12.1 Å². The van der Waals surface area contributed by atoms with Gasteiger partial charge in [0.15, 0.2) is 6.10 Å². The second kappa shape index (κ2) is 4.40. The van der Waals surface area contributed by atoms with Crippen molar-refractivity contribution in [2.45, 2.75) is 12.5 Å². The fourth-order valence-electron chi connectivity index (χ4n) is 1.49. The molecule has 1 aromatic rings. The first-order valence-corrected chi connectivity index (χ1v) is 4.94. The number of rotatable bonds is 2. The van der Waals surface area contributed by atoms with Crippen LogP contribution in [0.2, 0.25) is 0 Å². The minimum absolute atomic E-state index is 0.181. The SMILES string of the molecule is COC(=O)C[C@H]1Oc2ccc(F)cc2NC1=O. The van der Waals surface area contributed by atoms with Crippen LogP contribution in [0, 0.1) is 5.82 Å². The lowest BCUT2D eigenvalue weighted by Crippen LogP contribution is -2.38. The third kappa shape index (κ3) is 2.35. The summed E-state index contributed by atoms with van der Waals surface area (Å²) >= 11 is 0. The minimum atomic E-state index is -0.944. The van der Waals surface area contributed by atoms with E-state index in [0.29, 0.717) is 5.75 Å². The molecule has 1 heterocycles. The molecule has 2 rings (SSSR count). The predicted molar refractivity (Wildman–Crippen MR) is 56.1 cm³/mol. The number of esters is 1. The molecule has 1 aliphatic heterocycles. The second-order valence-corrected chi connectivity index (χ2v) is 3.52. The van der Waals surface area contributed by atoms with E-state index in [2.05, 4.69) is 10.1 Å². The van der Waals surface area contributed by atoms with Crippen LogP contribution in [0.15, 0.2) is 18.2 Å². The Kier molecular flexibility index (Phi) is 2.95. The van der Waals surface area contributed by atoms with Crippen LogP contribution >= 0.6 is 0 Å². The molecule has 6 heteroatoms. The monoisotopic (exact) mass is 239 g/mol. The van der Waals surface area contributed by atoms with Crippen molar-refractivity contribution in [1.82, 2.24) is 0 Å². The summed E-state index contributed by atoms with van der Waals surface area (Å²) < 4.78 is 22.6. The first-order valence-electron chi connectivity index (χ1n) is 4.94. The van der Waals surface area contributed by atoms with Crippen LogP contribution in [-0.2, 0) is 14.3 Å². The number of anilines is 1. The molecule has 90 valence electrons. The zero-order chi connectivity index (χ0) is 12.4. The fraction of sp³-hybridized carbons (Fsp3) is 0.273. The molecule has 0 radical (unpaired) electrons. The van der Waals surface area contributed by atoms with E-state index in [-0.39, 0.29) is 12.1 Å². The number of nitrogens with one attached hydrogen (secondary N) is 1. The number of halogens is 1. The van der Waals surface area contributed by atoms with Crippen molar-refractivity contribution in [1.29, 1.82) is 0 Å². The molecule has 17 heavy (non-hydrogen) atoms. The Morgan fingerprint density at radius 1 is 1.59 bits per heavy atom. The number of methoxy groups -OCH3 is 1. The average molecular weight is 239 g/mol. The number of ether oxygens (including phenoxy) is 2. The standard InChI is InChI=1S/C11H10FNO4/c1-16-10(14)5-9-11(15)13-7-4-6(12)2-3-8(7)17-9/h2-4,9H,5H2,1H3,(H,13,15)/t9-/m1/s1. The van der Waals surface area contributed by atoms with E-state index < -0.39 is 23.8 Å². The molecule has 0 spiro atoms. The Morgan fingerprint density at radius 3 is 3.06 bits per heavy atom. The second-order valence-electron chi connectivity index (χ2n) is 3.52. The highest BCUT2D eigenvalue weighted by Gasteiger charge is 2.30. The van der Waals surface area contributed by atoms with Crippen LogP contribution in [-0.4, -0.2) is 25.1 Å². The Bertz CT molecular complexity index is 475. The zero-order valence-corrected chi connectivity index (χ0v) is 9.03. The molecule has 0 bridgehead atoms. The number of carbonyl (C=O) groups excluding carboxylic acids is 2. The van der Waals surface area contributed by atoms with Gasteiger partial charge < -0.3 is 14.8 Å². The van der Waals surface area contributed by atoms with Crippen molar-refractivity contribution < 1.29 is 23.5 Å². The predicted octanol–water partition coefficient (Wildman–Crippen LogP) is 1.09. The van der Waals surface area contributed by atoms with Crippen molar-refractivity contribution >= 4 is 17.6 Å². The number of hydrogen-bond acceptors (Lipinski definition) is 4. The maximum absolute atomic E-state index is 12.9. The molecule has 1 atom stereocenters. The van der Waals surface area contributed by atoms with E-state index in [4.69, 9.17) is 4.74 Å². The van der Waals surface area contributed by atoms with Crippen molar-refractivity contribution in [2.24, 2.45) is 0 Å². The van der Waals surface area contributed by atoms with E-state index in [1.807, 2.05) is 0 Å². The number of amides is 1. The van der Waals surface area contributed by atoms with Gasteiger partial charge in [-0.25, -0.2) is 4.39 Å². The first-order chi connectivity index (χ1) is 8.10. The normalized spacial score (nSPS) is 17.8. The molecule has 0 saturated heterocycles. The molecule has 1 N–H and O–H groups in total. The number of benzene rings is 1. The van der Waals surface area contributed by atoms with Crippen LogP contribution < -0.4 is 10.1 Å². The highest BCUT2D eigenvalue weighted by atomic mass is 19.1. The summed E-state index contributed by atoms with van der Waals surface area (Å²) in [5.41, 5.74) is 0.260. The summed E-state index contributed by atoms with van der Waals surface area (Å²) in [5, 5.41) is 2.47. The van der Waals surface area contributed by atoms with Gasteiger partial charge >= 0.3 is 5.97 Å². The van der Waals surface area contributed by atoms with E-state index in [0.717, 1.165) is 6.07 Å². The van der Waals surface area contributed by atoms with Crippen LogP contribution in [0.5, 0.6) is 5.75 Å². The van der Waals surface area contributed by atoms with Crippen molar-refractivity contribution in [3.05, 3.63) is 24.0 Å². The molecule has 0 saturated carbocycles. The highest BCUT2D eigenvalue weighted by Crippen LogP contribution is 2.30. The van der Waals surface area contributed by atoms with Gasteiger partial charge in [-0.2, -0.15) is 0 Å². The molecular weight excluding hydrogens is 229 g/mol. The largest absolute Gasteiger partial charge is 0.478 e. The van der Waals surface area contributed by atoms with Gasteiger partial charge in [-0.1, -0.05) is 0 Å². The summed E-state index contributed by atoms with van der Waals surface area (Å²) in [6.07, 6.45) is -1.13. The van der Waals surface area contributed by atoms with Gasteiger partial charge in [-0.15, -0.1) is 0 Å². The van der Waals surface area contributed by atoms with Gasteiger partial charge in [0.25, 0.3) is 5.91 Å². The summed E-state index contributed by atoms with van der Waals surface area (Å²) in [6.45, 7) is 0. The van der Waals surface area contributed by atoms with Gasteiger partial charge in [0.1, 0.15) is 11.6 Å². The smallest absolute Gasteiger partial charge is 0.309 e. The topological polar surface area (TPSA) is 64.6 Å². The fourth-order valence-corrected chi connectivity index (χ4v) is 1.49. The molecule has 1 amide bonds. The minimum Gasteiger partial charge on any atom is -0.478 e. The quantitative estimate of drug-likeness (QED) is 0.784. The van der Waals surface area contributed by atoms with E-state index >= 15 is 0 Å². The lowest BCUT2D eigenvalue weighted by molar-refractivity contribution is -0.145. The highest BCUT2D eigenvalue weighted by molar-refractivity contribution is 5.99. The molecule has 5 nitrogen and oxygen atoms in total. The molecular formula is C11H10FNO4. The Balaban J connectivity index is 2.18. The number of carbonyl (C=O) groups is 2. The van der Waals surface area contributed by atoms with E-state index in [1.165, 1.54) is 19.2 Å². The van der Waals surface area contributed by atoms with Crippen LogP contribution in [0.1, 0.15) is 6.42 Å². The maximum Gasteiger partial charge on any atom is 0.309 e. The van der Waals surface area contributed by atoms with Crippen molar-refractivity contribution in [3.8, 4) is 5.75 Å². The Hall–Kier alpha value is -2.11. The summed E-state index contributed by atoms with van der Waals surface area (Å²) in [6, 6.07) is 3.77. The number of hydrogen-bond donors (Lipinski definition) is 1. The Morgan fingerprint density at radius 2 is 2.35 bits per heavy atom. The molecule has 1 aliphatic rings. The zero-order valence-electron chi connectivity index (χ0n) is 9.03. The molecule has 1 aromatic carbocycles. The third-order valence-corrected chi connectivity index (χ3v) is 2.34. The van der Waals surface area contributed by atoms with Gasteiger partial charge in [0.2, 0.25) is 0 Å². The summed E-state index contributed by atoms with van der Waals surface area (Å²) in [5.74, 6) is -1.18. The first kappa shape index (κ1) is 11.4. The van der Waals surface area contributed by atoms with Crippen LogP contribution in [0.3, 0.4) is 0 Å². The Labute approximate surface area is 96.5 Å². The molecule has 0 fully saturated rings. The lowest BCUT2D eigenvalue weighted by Gasteiger charge is -2.24. The summed E-state index contributed by atoms with van der Waals surface area (Å²) in [4.78, 5) is 22.6. The number of fused-ring (bicyclic) bond motifs is 1. The summed E-state index contributed by atoms with van der Waals surface area (Å²) in [7, 11) is 1.23. The molecule has 0 unspecified atom stereocenters. The van der Waals surface area contributed by atoms with Crippen LogP contribution in [0.4, 0.5) is 10.1 Å². The van der Waals surface area contributed by atoms with Crippen LogP contribution in [0.25, 0.3) is 0 Å². The van der Waals surface area contributed by atoms with Crippen molar-refractivity contribution in [3.63, 3.8) is 0 Å². The van der Waals surface area contributed by atoms with Gasteiger partial charge in [0, 0.05) is 6.07 Å². The van der Waals surface area contributed by atoms with Gasteiger partial charge in [0.05, 0.1) is 19.2 Å². The molecule has 0 aliphatic carbocycles. The van der Waals surface area contributed by atoms with E-state index in [9.17, 15) is 14.0 Å².